The van der Waals surface area contributed by atoms with Crippen LogP contribution in [0.4, 0.5) is 0 Å². The van der Waals surface area contributed by atoms with E-state index in [1.807, 2.05) is 0 Å². The summed E-state index contributed by atoms with van der Waals surface area (Å²) >= 11 is 0. The van der Waals surface area contributed by atoms with Gasteiger partial charge in [-0.05, 0) is 44.1 Å². The van der Waals surface area contributed by atoms with Gasteiger partial charge in [-0.2, -0.15) is 0 Å². The van der Waals surface area contributed by atoms with Crippen molar-refractivity contribution in [2.45, 2.75) is 32.6 Å². The molecule has 0 spiro atoms. The Morgan fingerprint density at radius 2 is 2.09 bits per heavy atom. The summed E-state index contributed by atoms with van der Waals surface area (Å²) < 4.78 is 0. The molecule has 2 unspecified atom stereocenters. The number of rotatable bonds is 4. The number of allylic oxidation sites excluding steroid dienone is 1. The van der Waals surface area contributed by atoms with Gasteiger partial charge in [-0.25, -0.2) is 0 Å². The van der Waals surface area contributed by atoms with Gasteiger partial charge in [0.05, 0.1) is 0 Å². The zero-order chi connectivity index (χ0) is 8.27. The molecule has 1 saturated carbocycles. The minimum atomic E-state index is 0.804. The average Bonchev–Trinajstić information content (AvgIpc) is 1.98. The van der Waals surface area contributed by atoms with Gasteiger partial charge >= 0.3 is 0 Å². The van der Waals surface area contributed by atoms with Gasteiger partial charge in [-0.15, -0.1) is 0 Å². The smallest absolute Gasteiger partial charge is 0.00461 e. The van der Waals surface area contributed by atoms with E-state index in [0.29, 0.717) is 0 Å². The van der Waals surface area contributed by atoms with E-state index in [0.717, 1.165) is 24.8 Å². The van der Waals surface area contributed by atoms with Crippen LogP contribution in [0.15, 0.2) is 12.2 Å². The molecule has 0 aliphatic heterocycles. The maximum absolute atomic E-state index is 5.61. The second-order valence-electron chi connectivity index (χ2n) is 3.64. The summed E-state index contributed by atoms with van der Waals surface area (Å²) in [5, 5.41) is 0. The average molecular weight is 153 g/mol. The van der Waals surface area contributed by atoms with Crippen LogP contribution in [0.2, 0.25) is 0 Å². The van der Waals surface area contributed by atoms with Crippen molar-refractivity contribution in [1.29, 1.82) is 0 Å². The number of nitrogens with two attached hydrogens (primary N) is 1. The lowest BCUT2D eigenvalue weighted by molar-refractivity contribution is 0.182. The van der Waals surface area contributed by atoms with Crippen molar-refractivity contribution in [3.63, 3.8) is 0 Å². The topological polar surface area (TPSA) is 26.0 Å². The van der Waals surface area contributed by atoms with Crippen LogP contribution in [-0.4, -0.2) is 6.54 Å². The lowest BCUT2D eigenvalue weighted by Gasteiger charge is -2.36. The third-order valence-corrected chi connectivity index (χ3v) is 2.93. The predicted molar refractivity (Wildman–Crippen MR) is 49.3 cm³/mol. The summed E-state index contributed by atoms with van der Waals surface area (Å²) in [7, 11) is 0. The van der Waals surface area contributed by atoms with Gasteiger partial charge in [0.2, 0.25) is 0 Å². The Bertz CT molecular complexity index is 138. The molecule has 1 aliphatic carbocycles. The third-order valence-electron chi connectivity index (χ3n) is 2.93. The Hall–Kier alpha value is -0.300. The molecule has 1 rings (SSSR count). The van der Waals surface area contributed by atoms with E-state index in [2.05, 4.69) is 13.5 Å². The first-order valence-corrected chi connectivity index (χ1v) is 4.64. The van der Waals surface area contributed by atoms with Gasteiger partial charge in [-0.1, -0.05) is 19.1 Å². The monoisotopic (exact) mass is 153 g/mol. The summed E-state index contributed by atoms with van der Waals surface area (Å²) in [6.07, 6.45) is 5.07. The predicted octanol–water partition coefficient (Wildman–Crippen LogP) is 2.33. The molecule has 2 N–H and O–H groups in total. The van der Waals surface area contributed by atoms with Gasteiger partial charge in [0, 0.05) is 0 Å². The molecule has 1 heteroatoms. The van der Waals surface area contributed by atoms with Crippen molar-refractivity contribution in [2.75, 3.05) is 6.54 Å². The first-order valence-electron chi connectivity index (χ1n) is 4.64. The fraction of sp³-hybridized carbons (Fsp3) is 0.800. The molecule has 0 aromatic carbocycles. The van der Waals surface area contributed by atoms with Gasteiger partial charge in [0.1, 0.15) is 0 Å². The largest absolute Gasteiger partial charge is 0.330 e. The standard InChI is InChI=1S/C10H19N/c1-3-8(2)6-9-4-5-10(9)7-11/h9-10H,2-7,11H2,1H3. The van der Waals surface area contributed by atoms with Crippen molar-refractivity contribution in [3.05, 3.63) is 12.2 Å². The summed E-state index contributed by atoms with van der Waals surface area (Å²) in [5.74, 6) is 1.67. The number of hydrogen-bond donors (Lipinski definition) is 1. The van der Waals surface area contributed by atoms with Crippen LogP contribution >= 0.6 is 0 Å². The number of hydrogen-bond acceptors (Lipinski definition) is 1. The maximum Gasteiger partial charge on any atom is -0.00461 e. The fourth-order valence-corrected chi connectivity index (χ4v) is 1.73. The maximum atomic E-state index is 5.61. The Morgan fingerprint density at radius 1 is 1.45 bits per heavy atom. The summed E-state index contributed by atoms with van der Waals surface area (Å²) in [5.41, 5.74) is 7.01. The molecule has 1 fully saturated rings. The van der Waals surface area contributed by atoms with E-state index >= 15 is 0 Å². The second-order valence-corrected chi connectivity index (χ2v) is 3.64. The SMILES string of the molecule is C=C(CC)CC1CCC1CN. The van der Waals surface area contributed by atoms with Crippen LogP contribution < -0.4 is 5.73 Å². The minimum absolute atomic E-state index is 0.804. The lowest BCUT2D eigenvalue weighted by Crippen LogP contribution is -2.32. The van der Waals surface area contributed by atoms with Crippen LogP contribution in [0.25, 0.3) is 0 Å². The molecule has 0 aromatic rings. The van der Waals surface area contributed by atoms with Gasteiger partial charge < -0.3 is 5.73 Å². The zero-order valence-corrected chi connectivity index (χ0v) is 7.47. The van der Waals surface area contributed by atoms with Crippen LogP contribution in [0.1, 0.15) is 32.6 Å². The van der Waals surface area contributed by atoms with Crippen molar-refractivity contribution in [2.24, 2.45) is 17.6 Å². The summed E-state index contributed by atoms with van der Waals surface area (Å²) in [6, 6.07) is 0. The van der Waals surface area contributed by atoms with Crippen LogP contribution in [0.5, 0.6) is 0 Å². The first-order chi connectivity index (χ1) is 5.27. The second kappa shape index (κ2) is 3.91. The Balaban J connectivity index is 2.21. The molecule has 0 aromatic heterocycles. The van der Waals surface area contributed by atoms with Crippen molar-refractivity contribution in [1.82, 2.24) is 0 Å². The molecule has 1 nitrogen and oxygen atoms in total. The lowest BCUT2D eigenvalue weighted by atomic mass is 9.70. The Labute approximate surface area is 69.7 Å². The quantitative estimate of drug-likeness (QED) is 0.616. The fourth-order valence-electron chi connectivity index (χ4n) is 1.73. The Morgan fingerprint density at radius 3 is 2.45 bits per heavy atom. The van der Waals surface area contributed by atoms with Crippen molar-refractivity contribution in [3.8, 4) is 0 Å². The molecule has 2 atom stereocenters. The first kappa shape index (κ1) is 8.79. The molecule has 0 amide bonds. The highest BCUT2D eigenvalue weighted by molar-refractivity contribution is 4.98. The molecule has 0 bridgehead atoms. The molecule has 0 radical (unpaired) electrons. The molecule has 11 heavy (non-hydrogen) atoms. The van der Waals surface area contributed by atoms with Gasteiger partial charge in [0.15, 0.2) is 0 Å². The summed E-state index contributed by atoms with van der Waals surface area (Å²) in [6.45, 7) is 7.08. The van der Waals surface area contributed by atoms with E-state index in [1.165, 1.54) is 24.8 Å². The van der Waals surface area contributed by atoms with Crippen LogP contribution in [-0.2, 0) is 0 Å². The van der Waals surface area contributed by atoms with Gasteiger partial charge in [-0.3, -0.25) is 0 Å². The third kappa shape index (κ3) is 2.06. The van der Waals surface area contributed by atoms with Crippen molar-refractivity contribution >= 4 is 0 Å². The highest BCUT2D eigenvalue weighted by Crippen LogP contribution is 2.37. The van der Waals surface area contributed by atoms with E-state index in [-0.39, 0.29) is 0 Å². The molecular weight excluding hydrogens is 134 g/mol. The van der Waals surface area contributed by atoms with Crippen LogP contribution in [0.3, 0.4) is 0 Å². The normalized spacial score (nSPS) is 29.6. The summed E-state index contributed by atoms with van der Waals surface area (Å²) in [4.78, 5) is 0. The molecule has 64 valence electrons. The highest BCUT2D eigenvalue weighted by atomic mass is 14.6. The zero-order valence-electron chi connectivity index (χ0n) is 7.47. The molecule has 0 saturated heterocycles. The van der Waals surface area contributed by atoms with Gasteiger partial charge in [0.25, 0.3) is 0 Å². The molecule has 0 heterocycles. The highest BCUT2D eigenvalue weighted by Gasteiger charge is 2.29. The molecular formula is C10H19N. The van der Waals surface area contributed by atoms with E-state index < -0.39 is 0 Å². The van der Waals surface area contributed by atoms with E-state index in [1.54, 1.807) is 0 Å². The Kier molecular flexibility index (Phi) is 3.13. The molecule has 1 aliphatic rings. The van der Waals surface area contributed by atoms with Crippen LogP contribution in [0, 0.1) is 11.8 Å². The van der Waals surface area contributed by atoms with E-state index in [4.69, 9.17) is 5.73 Å². The minimum Gasteiger partial charge on any atom is -0.330 e. The van der Waals surface area contributed by atoms with E-state index in [9.17, 15) is 0 Å². The van der Waals surface area contributed by atoms with Crippen molar-refractivity contribution < 1.29 is 0 Å².